The quantitative estimate of drug-likeness (QED) is 0.0480. The number of nitrogens with one attached hydrogen (secondary N) is 10. The van der Waals surface area contributed by atoms with E-state index in [0.29, 0.717) is 5.56 Å². The molecule has 0 bridgehead atoms. The van der Waals surface area contributed by atoms with Crippen LogP contribution in [0.3, 0.4) is 0 Å². The molecule has 29 heteroatoms. The van der Waals surface area contributed by atoms with Gasteiger partial charge in [-0.2, -0.15) is 0 Å². The maximum atomic E-state index is 13.8. The monoisotopic (exact) mass is 952 g/mol. The number of hydrogen-bond acceptors (Lipinski definition) is 18. The van der Waals surface area contributed by atoms with Crippen LogP contribution in [0, 0.1) is 5.92 Å². The number of aliphatic hydroxyl groups is 2. The summed E-state index contributed by atoms with van der Waals surface area (Å²) in [6.07, 6.45) is -4.43. The Hall–Kier alpha value is -7.34. The lowest BCUT2D eigenvalue weighted by Gasteiger charge is -2.27. The van der Waals surface area contributed by atoms with E-state index >= 15 is 0 Å². The number of ketones is 1. The lowest BCUT2D eigenvalue weighted by atomic mass is 10.0. The second-order valence-electron chi connectivity index (χ2n) is 15.5. The predicted octanol–water partition coefficient (Wildman–Crippen LogP) is -8.39. The topological polar surface area (TPSA) is 478 Å². The van der Waals surface area contributed by atoms with Crippen LogP contribution in [0.5, 0.6) is 5.75 Å². The fraction of sp³-hybridized carbons (Fsp3) is 0.526. The molecule has 1 heterocycles. The smallest absolute Gasteiger partial charge is 0.305 e. The molecule has 0 aromatic heterocycles. The van der Waals surface area contributed by atoms with E-state index in [9.17, 15) is 83.1 Å². The number of hydrazine groups is 2. The van der Waals surface area contributed by atoms with Gasteiger partial charge >= 0.3 is 11.9 Å². The molecule has 9 amide bonds. The number of phenols is 1. The molecule has 0 aliphatic carbocycles. The van der Waals surface area contributed by atoms with E-state index in [2.05, 4.69) is 32.2 Å². The van der Waals surface area contributed by atoms with Crippen LogP contribution in [0.25, 0.3) is 0 Å². The minimum Gasteiger partial charge on any atom is -0.508 e. The summed E-state index contributed by atoms with van der Waals surface area (Å²) < 4.78 is 0. The van der Waals surface area contributed by atoms with Crippen molar-refractivity contribution in [2.45, 2.75) is 101 Å². The molecule has 2 rings (SSSR count). The van der Waals surface area contributed by atoms with E-state index < -0.39 is 165 Å². The summed E-state index contributed by atoms with van der Waals surface area (Å²) in [5, 5.41) is 61.3. The van der Waals surface area contributed by atoms with Crippen LogP contribution in [0.1, 0.15) is 51.5 Å². The van der Waals surface area contributed by atoms with Gasteiger partial charge in [-0.25, -0.2) is 16.3 Å². The molecule has 67 heavy (non-hydrogen) atoms. The van der Waals surface area contributed by atoms with Crippen LogP contribution >= 0.6 is 0 Å². The van der Waals surface area contributed by atoms with Gasteiger partial charge in [0.2, 0.25) is 47.3 Å². The highest BCUT2D eigenvalue weighted by Crippen LogP contribution is 2.12. The molecule has 8 atom stereocenters. The zero-order chi connectivity index (χ0) is 50.5. The second-order valence-corrected chi connectivity index (χ2v) is 15.5. The maximum absolute atomic E-state index is 13.8. The van der Waals surface area contributed by atoms with E-state index in [0.717, 1.165) is 0 Å². The lowest BCUT2D eigenvalue weighted by Crippen LogP contribution is -2.64. The Balaban J connectivity index is 2.64. The number of carboxylic acid groups (broad SMARTS) is 2. The van der Waals surface area contributed by atoms with Gasteiger partial charge in [-0.15, -0.1) is 0 Å². The summed E-state index contributed by atoms with van der Waals surface area (Å²) in [5.41, 5.74) is 20.5. The summed E-state index contributed by atoms with van der Waals surface area (Å²) in [7, 11) is 0. The number of amides is 9. The number of nitrogens with two attached hydrogens (primary N) is 2. The molecule has 1 saturated heterocycles. The highest BCUT2D eigenvalue weighted by Gasteiger charge is 2.35. The van der Waals surface area contributed by atoms with Gasteiger partial charge in [0.05, 0.1) is 44.9 Å². The van der Waals surface area contributed by atoms with Crippen molar-refractivity contribution in [3.63, 3.8) is 0 Å². The van der Waals surface area contributed by atoms with Gasteiger partial charge in [-0.1, -0.05) is 26.0 Å². The number of aromatic hydroxyl groups is 1. The zero-order valence-corrected chi connectivity index (χ0v) is 36.2. The van der Waals surface area contributed by atoms with Crippen LogP contribution < -0.4 is 65.1 Å². The molecule has 370 valence electrons. The summed E-state index contributed by atoms with van der Waals surface area (Å²) in [4.78, 5) is 154. The average Bonchev–Trinajstić information content (AvgIpc) is 3.24. The Morgan fingerprint density at radius 2 is 1.21 bits per heavy atom. The Labute approximate surface area is 380 Å². The van der Waals surface area contributed by atoms with Crippen molar-refractivity contribution in [1.29, 1.82) is 0 Å². The van der Waals surface area contributed by atoms with Crippen LogP contribution in [0.15, 0.2) is 24.3 Å². The minimum absolute atomic E-state index is 0.116. The van der Waals surface area contributed by atoms with E-state index in [4.69, 9.17) is 11.5 Å². The first-order valence-corrected chi connectivity index (χ1v) is 20.3. The van der Waals surface area contributed by atoms with Crippen LogP contribution in [0.2, 0.25) is 0 Å². The van der Waals surface area contributed by atoms with E-state index in [1.807, 2.05) is 21.4 Å². The summed E-state index contributed by atoms with van der Waals surface area (Å²) in [6, 6.07) is -8.72. The highest BCUT2D eigenvalue weighted by molar-refractivity contribution is 6.04. The van der Waals surface area contributed by atoms with Gasteiger partial charge in [-0.3, -0.25) is 63.0 Å². The largest absolute Gasteiger partial charge is 0.508 e. The van der Waals surface area contributed by atoms with Crippen molar-refractivity contribution in [3.8, 4) is 5.75 Å². The van der Waals surface area contributed by atoms with Crippen molar-refractivity contribution >= 4 is 70.9 Å². The van der Waals surface area contributed by atoms with Gasteiger partial charge < -0.3 is 68.9 Å². The summed E-state index contributed by atoms with van der Waals surface area (Å²) in [5.74, 6) is -15.6. The Morgan fingerprint density at radius 1 is 0.701 bits per heavy atom. The molecular weight excluding hydrogens is 896 g/mol. The lowest BCUT2D eigenvalue weighted by molar-refractivity contribution is -0.143. The number of rotatable bonds is 18. The van der Waals surface area contributed by atoms with Crippen LogP contribution in [-0.2, 0) is 64.0 Å². The molecule has 1 aliphatic heterocycles. The number of primary amides is 2. The first-order valence-electron chi connectivity index (χ1n) is 20.3. The fourth-order valence-electron chi connectivity index (χ4n) is 5.97. The maximum Gasteiger partial charge on any atom is 0.305 e. The van der Waals surface area contributed by atoms with Gasteiger partial charge in [0.15, 0.2) is 5.78 Å². The second kappa shape index (κ2) is 27.2. The van der Waals surface area contributed by atoms with E-state index in [-0.39, 0.29) is 24.5 Å². The van der Waals surface area contributed by atoms with Crippen molar-refractivity contribution in [2.24, 2.45) is 17.4 Å². The van der Waals surface area contributed by atoms with Gasteiger partial charge in [0, 0.05) is 6.54 Å². The molecule has 1 aliphatic rings. The predicted molar refractivity (Wildman–Crippen MR) is 224 cm³/mol. The number of aliphatic carboxylic acids is 2. The normalized spacial score (nSPS) is 22.7. The fourth-order valence-corrected chi connectivity index (χ4v) is 5.97. The third-order valence-electron chi connectivity index (χ3n) is 9.46. The first-order chi connectivity index (χ1) is 31.4. The molecule has 1 aromatic rings. The molecule has 1 fully saturated rings. The average molecular weight is 953 g/mol. The molecule has 29 nitrogen and oxygen atoms in total. The third kappa shape index (κ3) is 19.7. The molecule has 0 spiro atoms. The number of Topliss-reactive ketones (excluding diaryl/α,β-unsaturated/α-hetero) is 1. The molecule has 1 aromatic carbocycles. The number of aliphatic hydroxyl groups excluding tert-OH is 2. The standard InChI is InChI=1S/C38H56N12O17/c1-16(2)7-20(32(40)61)43-34(63)22(8-17-3-5-18(53)6-4-17)47-49-24-13-41-29(56)12-27(54)19(9-28(39)55)42-36(65)25(14-51)46-37(66)26(15-52)45-33(62)21(10-30(57)58)44-35(64)23(11-31(59)60)48-50-38(24)67/h3-6,16,19-26,47-49,51-53H,7-15H2,1-2H3,(H2,39,55)(H2,40,61)(H,41,56)(H,42,65)(H,43,63)(H,44,64)(H,45,62)(H,46,66)(H,50,67)(H,57,58)(H,59,60)/t19-,20-,21-,22-,23-,24?,25-,26-/m0/s1. The van der Waals surface area contributed by atoms with Crippen molar-refractivity contribution in [2.75, 3.05) is 19.8 Å². The van der Waals surface area contributed by atoms with Gasteiger partial charge in [0.25, 0.3) is 5.91 Å². The SMILES string of the molecule is CC(C)C[C@H](NC(=O)[C@H](Cc1ccc(O)cc1)NNC1CNC(=O)CC(=O)[C@H](CC(N)=O)NC(=O)[C@H](CO)NC(=O)[C@H](CO)NC(=O)[C@H](CC(=O)O)NC(=O)[C@H](CC(=O)O)NNC1=O)C(N)=O. The Bertz CT molecular complexity index is 2000. The molecule has 0 saturated carbocycles. The Morgan fingerprint density at radius 3 is 1.72 bits per heavy atom. The van der Waals surface area contributed by atoms with Gasteiger partial charge in [0.1, 0.15) is 48.0 Å². The molecular formula is C38H56N12O17. The van der Waals surface area contributed by atoms with E-state index in [1.54, 1.807) is 13.8 Å². The zero-order valence-electron chi connectivity index (χ0n) is 36.2. The number of phenolic OH excluding ortho intramolecular Hbond substituents is 1. The Kier molecular flexibility index (Phi) is 22.7. The summed E-state index contributed by atoms with van der Waals surface area (Å²) >= 11 is 0. The number of carbonyl (C=O) groups is 12. The minimum atomic E-state index is -2.10. The highest BCUT2D eigenvalue weighted by atomic mass is 16.4. The van der Waals surface area contributed by atoms with Crippen molar-refractivity contribution < 1.29 is 83.1 Å². The molecule has 1 unspecified atom stereocenters. The molecule has 0 radical (unpaired) electrons. The summed E-state index contributed by atoms with van der Waals surface area (Å²) in [6.45, 7) is 0.309. The number of benzene rings is 1. The van der Waals surface area contributed by atoms with Gasteiger partial charge in [-0.05, 0) is 36.5 Å². The van der Waals surface area contributed by atoms with Crippen LogP contribution in [-0.4, -0.2) is 165 Å². The first kappa shape index (κ1) is 55.8. The van der Waals surface area contributed by atoms with E-state index in [1.165, 1.54) is 24.3 Å². The third-order valence-corrected chi connectivity index (χ3v) is 9.46. The van der Waals surface area contributed by atoms with Crippen molar-refractivity contribution in [1.82, 2.24) is 53.6 Å². The molecule has 19 N–H and O–H groups in total. The number of hydrogen-bond donors (Lipinski definition) is 17. The van der Waals surface area contributed by atoms with Crippen LogP contribution in [0.4, 0.5) is 0 Å². The number of carbonyl (C=O) groups excluding carboxylic acids is 10. The van der Waals surface area contributed by atoms with Crippen molar-refractivity contribution in [3.05, 3.63) is 29.8 Å². The number of carboxylic acids is 2.